The molecule has 2 aliphatic heterocycles. The van der Waals surface area contributed by atoms with Crippen molar-refractivity contribution in [3.63, 3.8) is 0 Å². The highest BCUT2D eigenvalue weighted by Gasteiger charge is 2.20. The second kappa shape index (κ2) is 4.84. The summed E-state index contributed by atoms with van der Waals surface area (Å²) >= 11 is 0. The number of benzene rings is 1. The normalized spacial score (nSPS) is 23.2. The maximum atomic E-state index is 5.99. The van der Waals surface area contributed by atoms with Gasteiger partial charge in [0.1, 0.15) is 19.3 Å². The molecular formula is C13H17NO3. The van der Waals surface area contributed by atoms with Crippen molar-refractivity contribution in [2.24, 2.45) is 0 Å². The molecule has 0 amide bonds. The van der Waals surface area contributed by atoms with Gasteiger partial charge < -0.3 is 19.5 Å². The summed E-state index contributed by atoms with van der Waals surface area (Å²) < 4.78 is 17.1. The Labute approximate surface area is 101 Å². The second-order valence-electron chi connectivity index (χ2n) is 4.37. The van der Waals surface area contributed by atoms with E-state index in [2.05, 4.69) is 5.32 Å². The van der Waals surface area contributed by atoms with E-state index in [1.54, 1.807) is 0 Å². The van der Waals surface area contributed by atoms with Gasteiger partial charge in [-0.2, -0.15) is 0 Å². The van der Waals surface area contributed by atoms with Gasteiger partial charge in [0.25, 0.3) is 0 Å². The number of rotatable bonds is 2. The molecule has 2 aliphatic rings. The van der Waals surface area contributed by atoms with E-state index in [1.807, 2.05) is 18.2 Å². The second-order valence-corrected chi connectivity index (χ2v) is 4.37. The van der Waals surface area contributed by atoms with Crippen LogP contribution in [-0.2, 0) is 0 Å². The predicted octanol–water partition coefficient (Wildman–Crippen LogP) is 1.59. The third-order valence-electron chi connectivity index (χ3n) is 3.08. The minimum absolute atomic E-state index is 0.237. The van der Waals surface area contributed by atoms with Gasteiger partial charge in [0, 0.05) is 6.54 Å². The van der Waals surface area contributed by atoms with Crippen LogP contribution in [0.2, 0.25) is 0 Å². The van der Waals surface area contributed by atoms with Gasteiger partial charge in [-0.15, -0.1) is 0 Å². The summed E-state index contributed by atoms with van der Waals surface area (Å²) in [6.07, 6.45) is 2.50. The molecule has 1 saturated heterocycles. The van der Waals surface area contributed by atoms with Crippen LogP contribution in [0.25, 0.3) is 0 Å². The number of fused-ring (bicyclic) bond motifs is 1. The minimum Gasteiger partial charge on any atom is -0.486 e. The van der Waals surface area contributed by atoms with Gasteiger partial charge in [-0.25, -0.2) is 0 Å². The first kappa shape index (κ1) is 10.7. The number of nitrogens with one attached hydrogen (secondary N) is 1. The van der Waals surface area contributed by atoms with Crippen molar-refractivity contribution in [2.45, 2.75) is 18.9 Å². The molecule has 17 heavy (non-hydrogen) atoms. The highest BCUT2D eigenvalue weighted by molar-refractivity contribution is 5.51. The SMILES string of the molecule is c1cc2c(c(OC3CCCNC3)c1)OCCO2. The summed E-state index contributed by atoms with van der Waals surface area (Å²) in [4.78, 5) is 0. The number of hydrogen-bond donors (Lipinski definition) is 1. The zero-order chi connectivity index (χ0) is 11.5. The van der Waals surface area contributed by atoms with Gasteiger partial charge in [-0.1, -0.05) is 6.07 Å². The Morgan fingerprint density at radius 3 is 3.06 bits per heavy atom. The van der Waals surface area contributed by atoms with E-state index in [-0.39, 0.29) is 6.10 Å². The lowest BCUT2D eigenvalue weighted by Gasteiger charge is -2.26. The molecule has 0 radical (unpaired) electrons. The van der Waals surface area contributed by atoms with E-state index < -0.39 is 0 Å². The fraction of sp³-hybridized carbons (Fsp3) is 0.538. The summed E-state index contributed by atoms with van der Waals surface area (Å²) in [5, 5.41) is 3.34. The lowest BCUT2D eigenvalue weighted by atomic mass is 10.1. The summed E-state index contributed by atoms with van der Waals surface area (Å²) in [5.41, 5.74) is 0. The van der Waals surface area contributed by atoms with E-state index in [0.29, 0.717) is 13.2 Å². The van der Waals surface area contributed by atoms with Crippen molar-refractivity contribution in [2.75, 3.05) is 26.3 Å². The standard InChI is InChI=1S/C13H17NO3/c1-4-11-13(16-8-7-15-11)12(5-1)17-10-3-2-6-14-9-10/h1,4-5,10,14H,2-3,6-9H2. The van der Waals surface area contributed by atoms with Crippen LogP contribution in [0, 0.1) is 0 Å². The maximum absolute atomic E-state index is 5.99. The van der Waals surface area contributed by atoms with Crippen molar-refractivity contribution < 1.29 is 14.2 Å². The molecular weight excluding hydrogens is 218 g/mol. The Kier molecular flexibility index (Phi) is 3.05. The van der Waals surface area contributed by atoms with Crippen LogP contribution in [0.5, 0.6) is 17.2 Å². The van der Waals surface area contributed by atoms with Gasteiger partial charge in [0.05, 0.1) is 0 Å². The van der Waals surface area contributed by atoms with E-state index in [4.69, 9.17) is 14.2 Å². The highest BCUT2D eigenvalue weighted by Crippen LogP contribution is 2.39. The topological polar surface area (TPSA) is 39.7 Å². The maximum Gasteiger partial charge on any atom is 0.203 e. The number of piperidine rings is 1. The molecule has 4 heteroatoms. The van der Waals surface area contributed by atoms with Crippen molar-refractivity contribution >= 4 is 0 Å². The zero-order valence-corrected chi connectivity index (χ0v) is 9.78. The molecule has 1 unspecified atom stereocenters. The lowest BCUT2D eigenvalue weighted by Crippen LogP contribution is -2.37. The molecule has 4 nitrogen and oxygen atoms in total. The Morgan fingerprint density at radius 2 is 2.18 bits per heavy atom. The van der Waals surface area contributed by atoms with Crippen LogP contribution in [-0.4, -0.2) is 32.4 Å². The van der Waals surface area contributed by atoms with Gasteiger partial charge in [0.15, 0.2) is 11.5 Å². The Morgan fingerprint density at radius 1 is 1.24 bits per heavy atom. The van der Waals surface area contributed by atoms with Gasteiger partial charge in [-0.3, -0.25) is 0 Å². The fourth-order valence-corrected chi connectivity index (χ4v) is 2.24. The van der Waals surface area contributed by atoms with Crippen LogP contribution in [0.3, 0.4) is 0 Å². The molecule has 1 N–H and O–H groups in total. The zero-order valence-electron chi connectivity index (χ0n) is 9.78. The van der Waals surface area contributed by atoms with E-state index in [9.17, 15) is 0 Å². The first-order valence-electron chi connectivity index (χ1n) is 6.19. The van der Waals surface area contributed by atoms with E-state index >= 15 is 0 Å². The average Bonchev–Trinajstić information content (AvgIpc) is 2.40. The molecule has 0 saturated carbocycles. The van der Waals surface area contributed by atoms with Crippen LogP contribution in [0.1, 0.15) is 12.8 Å². The molecule has 1 fully saturated rings. The van der Waals surface area contributed by atoms with Crippen LogP contribution in [0.4, 0.5) is 0 Å². The first-order chi connectivity index (χ1) is 8.43. The Bertz CT molecular complexity index is 388. The molecule has 3 rings (SSSR count). The largest absolute Gasteiger partial charge is 0.486 e. The molecule has 0 bridgehead atoms. The molecule has 2 heterocycles. The molecule has 1 atom stereocenters. The highest BCUT2D eigenvalue weighted by atomic mass is 16.6. The fourth-order valence-electron chi connectivity index (χ4n) is 2.24. The van der Waals surface area contributed by atoms with Gasteiger partial charge in [0.2, 0.25) is 5.75 Å². The number of para-hydroxylation sites is 1. The smallest absolute Gasteiger partial charge is 0.203 e. The van der Waals surface area contributed by atoms with Crippen molar-refractivity contribution in [3.8, 4) is 17.2 Å². The van der Waals surface area contributed by atoms with Crippen LogP contribution < -0.4 is 19.5 Å². The van der Waals surface area contributed by atoms with Gasteiger partial charge >= 0.3 is 0 Å². The number of ether oxygens (including phenoxy) is 3. The quantitative estimate of drug-likeness (QED) is 0.845. The first-order valence-corrected chi connectivity index (χ1v) is 6.19. The third kappa shape index (κ3) is 2.31. The van der Waals surface area contributed by atoms with Crippen LogP contribution in [0.15, 0.2) is 18.2 Å². The molecule has 1 aromatic rings. The summed E-state index contributed by atoms with van der Waals surface area (Å²) in [5.74, 6) is 2.35. The molecule has 0 aliphatic carbocycles. The molecule has 0 spiro atoms. The van der Waals surface area contributed by atoms with E-state index in [0.717, 1.165) is 43.2 Å². The molecule has 0 aromatic heterocycles. The average molecular weight is 235 g/mol. The van der Waals surface area contributed by atoms with Gasteiger partial charge in [-0.05, 0) is 31.5 Å². The Hall–Kier alpha value is -1.42. The monoisotopic (exact) mass is 235 g/mol. The minimum atomic E-state index is 0.237. The summed E-state index contributed by atoms with van der Waals surface area (Å²) in [7, 11) is 0. The lowest BCUT2D eigenvalue weighted by molar-refractivity contribution is 0.135. The number of hydrogen-bond acceptors (Lipinski definition) is 4. The summed E-state index contributed by atoms with van der Waals surface area (Å²) in [6, 6.07) is 5.81. The van der Waals surface area contributed by atoms with E-state index in [1.165, 1.54) is 0 Å². The molecule has 92 valence electrons. The molecule has 1 aromatic carbocycles. The van der Waals surface area contributed by atoms with Crippen LogP contribution >= 0.6 is 0 Å². The summed E-state index contributed by atoms with van der Waals surface area (Å²) in [6.45, 7) is 3.20. The Balaban J connectivity index is 1.77. The third-order valence-corrected chi connectivity index (χ3v) is 3.08. The van der Waals surface area contributed by atoms with Crippen molar-refractivity contribution in [3.05, 3.63) is 18.2 Å². The van der Waals surface area contributed by atoms with Crippen molar-refractivity contribution in [1.82, 2.24) is 5.32 Å². The van der Waals surface area contributed by atoms with Crippen molar-refractivity contribution in [1.29, 1.82) is 0 Å². The predicted molar refractivity (Wildman–Crippen MR) is 64.0 cm³/mol.